The van der Waals surface area contributed by atoms with Crippen molar-refractivity contribution in [3.63, 3.8) is 0 Å². The van der Waals surface area contributed by atoms with E-state index < -0.39 is 0 Å². The zero-order valence-corrected chi connectivity index (χ0v) is 15.2. The van der Waals surface area contributed by atoms with Crippen LogP contribution in [0.4, 0.5) is 0 Å². The van der Waals surface area contributed by atoms with Gasteiger partial charge in [0.05, 0.1) is 20.7 Å². The minimum Gasteiger partial charge on any atom is -0.494 e. The number of carbonyl (C=O) groups excluding carboxylic acids is 1. The maximum Gasteiger partial charge on any atom is 0.244 e. The molecule has 2 N–H and O–H groups in total. The molecule has 0 radical (unpaired) electrons. The number of hydrogen-bond donors (Lipinski definition) is 2. The number of amides is 1. The standard InChI is InChI=1S/C21H26N2O2/c1-4-25-19-13-10-17(11-14-19)12-15-21(24)22-20(16-23(2)3)18-8-6-5-7-9-18/h5-15,20H,4,16H2,1-3H3,(H,22,24)/p+1/b15-12+/t20-/m1/s1. The average molecular weight is 339 g/mol. The van der Waals surface area contributed by atoms with Gasteiger partial charge >= 0.3 is 0 Å². The lowest BCUT2D eigenvalue weighted by Crippen LogP contribution is -3.06. The maximum atomic E-state index is 12.3. The number of benzene rings is 2. The number of hydrogen-bond acceptors (Lipinski definition) is 2. The summed E-state index contributed by atoms with van der Waals surface area (Å²) in [4.78, 5) is 13.6. The van der Waals surface area contributed by atoms with Crippen molar-refractivity contribution in [2.45, 2.75) is 13.0 Å². The van der Waals surface area contributed by atoms with Crippen molar-refractivity contribution in [1.82, 2.24) is 5.32 Å². The van der Waals surface area contributed by atoms with Crippen LogP contribution in [-0.2, 0) is 4.79 Å². The molecule has 0 bridgehead atoms. The summed E-state index contributed by atoms with van der Waals surface area (Å²) in [6.07, 6.45) is 3.40. The fourth-order valence-electron chi connectivity index (χ4n) is 2.58. The van der Waals surface area contributed by atoms with Crippen LogP contribution >= 0.6 is 0 Å². The Labute approximate surface area is 150 Å². The Bertz CT molecular complexity index is 679. The summed E-state index contributed by atoms with van der Waals surface area (Å²) in [5.74, 6) is 0.742. The van der Waals surface area contributed by atoms with Gasteiger partial charge in [0.25, 0.3) is 0 Å². The summed E-state index contributed by atoms with van der Waals surface area (Å²) in [6.45, 7) is 3.43. The van der Waals surface area contributed by atoms with Crippen LogP contribution in [-0.4, -0.2) is 33.2 Å². The first-order chi connectivity index (χ1) is 12.1. The first-order valence-corrected chi connectivity index (χ1v) is 8.64. The second kappa shape index (κ2) is 9.64. The molecule has 0 aliphatic rings. The van der Waals surface area contributed by atoms with Crippen LogP contribution in [0.25, 0.3) is 6.08 Å². The third kappa shape index (κ3) is 6.43. The van der Waals surface area contributed by atoms with Crippen molar-refractivity contribution in [3.8, 4) is 5.75 Å². The van der Waals surface area contributed by atoms with E-state index in [9.17, 15) is 4.79 Å². The van der Waals surface area contributed by atoms with Gasteiger partial charge in [-0.1, -0.05) is 42.5 Å². The lowest BCUT2D eigenvalue weighted by Gasteiger charge is -2.20. The second-order valence-electron chi connectivity index (χ2n) is 6.22. The molecule has 0 fully saturated rings. The first-order valence-electron chi connectivity index (χ1n) is 8.64. The number of nitrogens with one attached hydrogen (secondary N) is 2. The van der Waals surface area contributed by atoms with Gasteiger partial charge in [-0.3, -0.25) is 4.79 Å². The second-order valence-corrected chi connectivity index (χ2v) is 6.22. The van der Waals surface area contributed by atoms with Gasteiger partial charge in [-0.25, -0.2) is 0 Å². The predicted octanol–water partition coefficient (Wildman–Crippen LogP) is 2.10. The predicted molar refractivity (Wildman–Crippen MR) is 102 cm³/mol. The quantitative estimate of drug-likeness (QED) is 0.724. The smallest absolute Gasteiger partial charge is 0.244 e. The van der Waals surface area contributed by atoms with Gasteiger partial charge in [0, 0.05) is 6.08 Å². The maximum absolute atomic E-state index is 12.3. The van der Waals surface area contributed by atoms with E-state index in [0.717, 1.165) is 23.4 Å². The topological polar surface area (TPSA) is 42.8 Å². The third-order valence-corrected chi connectivity index (χ3v) is 3.75. The molecule has 4 heteroatoms. The van der Waals surface area contributed by atoms with E-state index in [2.05, 4.69) is 19.4 Å². The Morgan fingerprint density at radius 3 is 2.40 bits per heavy atom. The van der Waals surface area contributed by atoms with E-state index in [1.807, 2.05) is 67.6 Å². The Morgan fingerprint density at radius 2 is 1.80 bits per heavy atom. The van der Waals surface area contributed by atoms with E-state index in [4.69, 9.17) is 4.74 Å². The molecule has 2 rings (SSSR count). The highest BCUT2D eigenvalue weighted by atomic mass is 16.5. The van der Waals surface area contributed by atoms with E-state index in [1.54, 1.807) is 6.08 Å². The summed E-state index contributed by atoms with van der Waals surface area (Å²) >= 11 is 0. The number of rotatable bonds is 8. The molecule has 0 unspecified atom stereocenters. The van der Waals surface area contributed by atoms with Gasteiger partial charge in [0.2, 0.25) is 5.91 Å². The molecule has 0 aliphatic carbocycles. The fourth-order valence-corrected chi connectivity index (χ4v) is 2.58. The summed E-state index contributed by atoms with van der Waals surface area (Å²) in [5.41, 5.74) is 2.08. The summed E-state index contributed by atoms with van der Waals surface area (Å²) in [6, 6.07) is 17.7. The zero-order chi connectivity index (χ0) is 18.1. The Kier molecular flexibility index (Phi) is 7.23. The molecule has 25 heavy (non-hydrogen) atoms. The van der Waals surface area contributed by atoms with Gasteiger partial charge in [-0.15, -0.1) is 0 Å². The minimum atomic E-state index is -0.0935. The van der Waals surface area contributed by atoms with Crippen LogP contribution in [0, 0.1) is 0 Å². The molecule has 0 aromatic heterocycles. The highest BCUT2D eigenvalue weighted by Crippen LogP contribution is 2.14. The van der Waals surface area contributed by atoms with Gasteiger partial charge in [0.1, 0.15) is 18.3 Å². The molecule has 1 amide bonds. The average Bonchev–Trinajstić information content (AvgIpc) is 2.61. The van der Waals surface area contributed by atoms with Crippen LogP contribution in [0.2, 0.25) is 0 Å². The van der Waals surface area contributed by atoms with Crippen molar-refractivity contribution in [2.24, 2.45) is 0 Å². The van der Waals surface area contributed by atoms with E-state index in [0.29, 0.717) is 6.61 Å². The van der Waals surface area contributed by atoms with Crippen LogP contribution < -0.4 is 15.0 Å². The number of likely N-dealkylation sites (N-methyl/N-ethyl adjacent to an activating group) is 1. The molecule has 0 heterocycles. The summed E-state index contributed by atoms with van der Waals surface area (Å²) in [7, 11) is 4.16. The van der Waals surface area contributed by atoms with Crippen LogP contribution in [0.5, 0.6) is 5.75 Å². The lowest BCUT2D eigenvalue weighted by molar-refractivity contribution is -0.860. The largest absolute Gasteiger partial charge is 0.494 e. The molecule has 4 nitrogen and oxygen atoms in total. The lowest BCUT2D eigenvalue weighted by atomic mass is 10.1. The van der Waals surface area contributed by atoms with E-state index >= 15 is 0 Å². The third-order valence-electron chi connectivity index (χ3n) is 3.75. The van der Waals surface area contributed by atoms with E-state index in [1.165, 1.54) is 4.90 Å². The van der Waals surface area contributed by atoms with Gasteiger partial charge < -0.3 is 15.0 Å². The summed E-state index contributed by atoms with van der Waals surface area (Å²) in [5, 5.41) is 3.10. The number of carbonyl (C=O) groups is 1. The van der Waals surface area contributed by atoms with Crippen molar-refractivity contribution in [1.29, 1.82) is 0 Å². The Hall–Kier alpha value is -2.59. The van der Waals surface area contributed by atoms with Crippen molar-refractivity contribution in [2.75, 3.05) is 27.2 Å². The van der Waals surface area contributed by atoms with Crippen molar-refractivity contribution >= 4 is 12.0 Å². The van der Waals surface area contributed by atoms with Crippen LogP contribution in [0.15, 0.2) is 60.7 Å². The Balaban J connectivity index is 2.00. The number of ether oxygens (including phenoxy) is 1. The SMILES string of the molecule is CCOc1ccc(/C=C/C(=O)N[C@H](C[NH+](C)C)c2ccccc2)cc1. The Morgan fingerprint density at radius 1 is 1.12 bits per heavy atom. The van der Waals surface area contributed by atoms with E-state index in [-0.39, 0.29) is 11.9 Å². The molecule has 0 aliphatic heterocycles. The normalized spacial score (nSPS) is 12.3. The highest BCUT2D eigenvalue weighted by Gasteiger charge is 2.16. The zero-order valence-electron chi connectivity index (χ0n) is 15.2. The van der Waals surface area contributed by atoms with Crippen molar-refractivity contribution in [3.05, 3.63) is 71.8 Å². The van der Waals surface area contributed by atoms with Gasteiger partial charge in [-0.2, -0.15) is 0 Å². The molecule has 2 aromatic carbocycles. The van der Waals surface area contributed by atoms with Crippen LogP contribution in [0.1, 0.15) is 24.1 Å². The van der Waals surface area contributed by atoms with Crippen molar-refractivity contribution < 1.29 is 14.4 Å². The molecular formula is C21H27N2O2+. The molecule has 132 valence electrons. The summed E-state index contributed by atoms with van der Waals surface area (Å²) < 4.78 is 5.42. The van der Waals surface area contributed by atoms with Crippen LogP contribution in [0.3, 0.4) is 0 Å². The molecule has 0 saturated heterocycles. The highest BCUT2D eigenvalue weighted by molar-refractivity contribution is 5.92. The molecule has 2 aromatic rings. The molecule has 1 atom stereocenters. The monoisotopic (exact) mass is 339 g/mol. The molecule has 0 spiro atoms. The van der Waals surface area contributed by atoms with Gasteiger partial charge in [0.15, 0.2) is 0 Å². The number of quaternary nitrogens is 1. The first kappa shape index (κ1) is 18.7. The fraction of sp³-hybridized carbons (Fsp3) is 0.286. The minimum absolute atomic E-state index is 0.0105. The molecule has 0 saturated carbocycles. The van der Waals surface area contributed by atoms with Gasteiger partial charge in [-0.05, 0) is 36.3 Å². The molecular weight excluding hydrogens is 312 g/mol.